The van der Waals surface area contributed by atoms with Gasteiger partial charge in [-0.15, -0.1) is 5.10 Å². The van der Waals surface area contributed by atoms with E-state index in [1.54, 1.807) is 0 Å². The van der Waals surface area contributed by atoms with E-state index in [1.807, 2.05) is 0 Å². The van der Waals surface area contributed by atoms with Crippen LogP contribution in [0.1, 0.15) is 31.5 Å². The van der Waals surface area contributed by atoms with Crippen molar-refractivity contribution in [2.75, 3.05) is 25.2 Å². The molecule has 1 aromatic heterocycles. The summed E-state index contributed by atoms with van der Waals surface area (Å²) in [4.78, 5) is 16.8. The number of benzene rings is 1. The second kappa shape index (κ2) is 9.46. The number of nitrogens with one attached hydrogen (secondary N) is 2. The Balaban J connectivity index is 1.57. The fourth-order valence-electron chi connectivity index (χ4n) is 3.21. The van der Waals surface area contributed by atoms with E-state index in [9.17, 15) is 13.2 Å². The number of aromatic amines is 1. The van der Waals surface area contributed by atoms with E-state index in [2.05, 4.69) is 20.5 Å². The molecule has 158 valence electrons. The first kappa shape index (κ1) is 22.1. The number of H-pyrrole nitrogens is 1. The molecule has 1 aliphatic rings. The number of halogens is 1. The second-order valence-electron chi connectivity index (χ2n) is 7.19. The molecule has 1 heterocycles. The van der Waals surface area contributed by atoms with Crippen LogP contribution in [0.25, 0.3) is 0 Å². The Bertz CT molecular complexity index is 972. The van der Waals surface area contributed by atoms with Crippen molar-refractivity contribution in [3.8, 4) is 0 Å². The second-order valence-corrected chi connectivity index (χ2v) is 10.7. The molecule has 0 radical (unpaired) electrons. The summed E-state index contributed by atoms with van der Waals surface area (Å²) in [6, 6.07) is 4.21. The van der Waals surface area contributed by atoms with Crippen molar-refractivity contribution in [2.24, 2.45) is 5.92 Å². The predicted octanol–water partition coefficient (Wildman–Crippen LogP) is 3.17. The van der Waals surface area contributed by atoms with Crippen LogP contribution in [0, 0.1) is 5.92 Å². The van der Waals surface area contributed by atoms with Gasteiger partial charge in [0.2, 0.25) is 21.1 Å². The van der Waals surface area contributed by atoms with E-state index in [-0.39, 0.29) is 27.3 Å². The Morgan fingerprint density at radius 3 is 2.76 bits per heavy atom. The van der Waals surface area contributed by atoms with Crippen molar-refractivity contribution in [1.29, 1.82) is 0 Å². The van der Waals surface area contributed by atoms with Crippen LogP contribution in [0.5, 0.6) is 0 Å². The predicted molar refractivity (Wildman–Crippen MR) is 114 cm³/mol. The van der Waals surface area contributed by atoms with Crippen LogP contribution in [0.2, 0.25) is 5.02 Å². The fraction of sp³-hybridized carbons (Fsp3) is 0.500. The number of amides is 1. The van der Waals surface area contributed by atoms with Crippen LogP contribution in [0.15, 0.2) is 28.3 Å². The van der Waals surface area contributed by atoms with E-state index >= 15 is 0 Å². The zero-order chi connectivity index (χ0) is 21.0. The smallest absolute Gasteiger partial charge is 0.242 e. The van der Waals surface area contributed by atoms with Gasteiger partial charge in [-0.3, -0.25) is 9.89 Å². The number of thioether (sulfide) groups is 1. The normalized spacial score (nSPS) is 15.2. The lowest BCUT2D eigenvalue weighted by Gasteiger charge is -2.13. The Morgan fingerprint density at radius 1 is 1.34 bits per heavy atom. The van der Waals surface area contributed by atoms with Gasteiger partial charge in [0.25, 0.3) is 0 Å². The van der Waals surface area contributed by atoms with Gasteiger partial charge in [0.15, 0.2) is 0 Å². The van der Waals surface area contributed by atoms with Gasteiger partial charge < -0.3 is 5.32 Å². The first-order valence-electron chi connectivity index (χ1n) is 9.31. The summed E-state index contributed by atoms with van der Waals surface area (Å²) in [6.45, 7) is 0. The Kier molecular flexibility index (Phi) is 7.20. The van der Waals surface area contributed by atoms with Crippen molar-refractivity contribution in [2.45, 2.75) is 42.2 Å². The number of hydrogen-bond acceptors (Lipinski definition) is 6. The van der Waals surface area contributed by atoms with Gasteiger partial charge >= 0.3 is 0 Å². The van der Waals surface area contributed by atoms with Gasteiger partial charge in [0.1, 0.15) is 5.82 Å². The number of carbonyl (C=O) groups is 1. The summed E-state index contributed by atoms with van der Waals surface area (Å²) in [5.41, 5.74) is 0.247. The topological polar surface area (TPSA) is 108 Å². The molecule has 0 spiro atoms. The van der Waals surface area contributed by atoms with Crippen molar-refractivity contribution in [3.63, 3.8) is 0 Å². The molecule has 0 unspecified atom stereocenters. The largest absolute Gasteiger partial charge is 0.324 e. The molecule has 1 fully saturated rings. The summed E-state index contributed by atoms with van der Waals surface area (Å²) in [7, 11) is -0.738. The van der Waals surface area contributed by atoms with Gasteiger partial charge in [0.05, 0.1) is 21.4 Å². The summed E-state index contributed by atoms with van der Waals surface area (Å²) in [6.07, 6.45) is 5.91. The molecule has 0 saturated heterocycles. The maximum Gasteiger partial charge on any atom is 0.242 e. The Labute approximate surface area is 179 Å². The maximum atomic E-state index is 12.3. The zero-order valence-electron chi connectivity index (χ0n) is 16.3. The van der Waals surface area contributed by atoms with Crippen molar-refractivity contribution in [1.82, 2.24) is 19.5 Å². The van der Waals surface area contributed by atoms with Crippen LogP contribution in [-0.2, 0) is 21.2 Å². The minimum atomic E-state index is -3.62. The van der Waals surface area contributed by atoms with Gasteiger partial charge in [-0.2, -0.15) is 0 Å². The molecule has 0 bridgehead atoms. The number of hydrogen-bond donors (Lipinski definition) is 2. The van der Waals surface area contributed by atoms with Crippen molar-refractivity contribution < 1.29 is 13.2 Å². The van der Waals surface area contributed by atoms with E-state index in [1.165, 1.54) is 69.7 Å². The molecule has 1 amide bonds. The number of carbonyl (C=O) groups excluding carboxylic acids is 1. The van der Waals surface area contributed by atoms with Crippen LogP contribution in [-0.4, -0.2) is 53.7 Å². The summed E-state index contributed by atoms with van der Waals surface area (Å²) >= 11 is 7.32. The highest BCUT2D eigenvalue weighted by atomic mass is 35.5. The first-order chi connectivity index (χ1) is 13.8. The van der Waals surface area contributed by atoms with Gasteiger partial charge in [0, 0.05) is 20.5 Å². The molecule has 0 aliphatic heterocycles. The maximum absolute atomic E-state index is 12.3. The highest BCUT2D eigenvalue weighted by molar-refractivity contribution is 7.99. The average molecular weight is 458 g/mol. The number of rotatable bonds is 8. The van der Waals surface area contributed by atoms with E-state index < -0.39 is 10.0 Å². The standard InChI is InChI=1S/C18H24ClN5O3S2/c1-24(2)29(26,27)13-7-8-14(19)15(10-13)20-17(25)11-28-18-21-16(22-23-18)9-12-5-3-4-6-12/h7-8,10,12H,3-6,9,11H2,1-2H3,(H,20,25)(H,21,22,23). The lowest BCUT2D eigenvalue weighted by Crippen LogP contribution is -2.22. The van der Waals surface area contributed by atoms with Crippen LogP contribution in [0.4, 0.5) is 5.69 Å². The molecule has 2 aromatic rings. The third-order valence-electron chi connectivity index (χ3n) is 4.79. The van der Waals surface area contributed by atoms with Crippen molar-refractivity contribution in [3.05, 3.63) is 29.0 Å². The molecule has 1 aliphatic carbocycles. The molecule has 2 N–H and O–H groups in total. The van der Waals surface area contributed by atoms with E-state index in [4.69, 9.17) is 11.6 Å². The summed E-state index contributed by atoms with van der Waals surface area (Å²) < 4.78 is 25.6. The van der Waals surface area contributed by atoms with Gasteiger partial charge in [-0.05, 0) is 24.1 Å². The zero-order valence-corrected chi connectivity index (χ0v) is 18.7. The van der Waals surface area contributed by atoms with E-state index in [0.717, 1.165) is 16.6 Å². The molecule has 1 saturated carbocycles. The number of anilines is 1. The molecule has 1 aromatic carbocycles. The average Bonchev–Trinajstić information content (AvgIpc) is 3.34. The summed E-state index contributed by atoms with van der Waals surface area (Å²) in [5.74, 6) is 1.28. The number of sulfonamides is 1. The first-order valence-corrected chi connectivity index (χ1v) is 12.1. The molecule has 0 atom stereocenters. The minimum Gasteiger partial charge on any atom is -0.324 e. The van der Waals surface area contributed by atoms with Crippen LogP contribution in [0.3, 0.4) is 0 Å². The lowest BCUT2D eigenvalue weighted by molar-refractivity contribution is -0.113. The number of nitrogens with zero attached hydrogens (tertiary/aromatic N) is 3. The van der Waals surface area contributed by atoms with Crippen LogP contribution < -0.4 is 5.32 Å². The molecule has 3 rings (SSSR count). The quantitative estimate of drug-likeness (QED) is 0.589. The third-order valence-corrected chi connectivity index (χ3v) is 7.78. The Morgan fingerprint density at radius 2 is 2.07 bits per heavy atom. The minimum absolute atomic E-state index is 0.0559. The van der Waals surface area contributed by atoms with E-state index in [0.29, 0.717) is 11.1 Å². The van der Waals surface area contributed by atoms with Crippen molar-refractivity contribution >= 4 is 45.0 Å². The molecular weight excluding hydrogens is 434 g/mol. The van der Waals surface area contributed by atoms with Gasteiger partial charge in [-0.25, -0.2) is 17.7 Å². The van der Waals surface area contributed by atoms with Gasteiger partial charge in [-0.1, -0.05) is 49.0 Å². The molecule has 8 nitrogen and oxygen atoms in total. The summed E-state index contributed by atoms with van der Waals surface area (Å²) in [5, 5.41) is 10.5. The third kappa shape index (κ3) is 5.71. The lowest BCUT2D eigenvalue weighted by atomic mass is 10.0. The highest BCUT2D eigenvalue weighted by Gasteiger charge is 2.20. The SMILES string of the molecule is CN(C)S(=O)(=O)c1ccc(Cl)c(NC(=O)CSc2n[nH]c(CC3CCCC3)n2)c1. The van der Waals surface area contributed by atoms with Crippen LogP contribution >= 0.6 is 23.4 Å². The number of aromatic nitrogens is 3. The fourth-order valence-corrected chi connectivity index (χ4v) is 4.92. The molecular formula is C18H24ClN5O3S2. The Hall–Kier alpha value is -1.62. The highest BCUT2D eigenvalue weighted by Crippen LogP contribution is 2.28. The monoisotopic (exact) mass is 457 g/mol. The molecule has 29 heavy (non-hydrogen) atoms. The molecule has 11 heteroatoms.